The second kappa shape index (κ2) is 9.17. The van der Waals surface area contributed by atoms with Crippen LogP contribution in [0.4, 0.5) is 0 Å². The number of nitrogens with zero attached hydrogens (tertiary/aromatic N) is 1. The molecule has 168 valence electrons. The monoisotopic (exact) mass is 452 g/mol. The maximum Gasteiger partial charge on any atom is 0.287 e. The van der Waals surface area contributed by atoms with Gasteiger partial charge in [-0.3, -0.25) is 9.69 Å². The van der Waals surface area contributed by atoms with Gasteiger partial charge in [-0.05, 0) is 29.9 Å². The lowest BCUT2D eigenvalue weighted by Gasteiger charge is -2.43. The van der Waals surface area contributed by atoms with Gasteiger partial charge in [0.15, 0.2) is 0 Å². The molecule has 1 N–H and O–H groups in total. The highest BCUT2D eigenvalue weighted by atomic mass is 32.2. The Hall–Kier alpha value is -2.48. The third kappa shape index (κ3) is 4.00. The van der Waals surface area contributed by atoms with Gasteiger partial charge < -0.3 is 19.2 Å². The van der Waals surface area contributed by atoms with Gasteiger partial charge >= 0.3 is 0 Å². The van der Waals surface area contributed by atoms with Crippen molar-refractivity contribution in [1.82, 2.24) is 10.2 Å². The molecule has 7 heteroatoms. The molecule has 1 atom stereocenters. The van der Waals surface area contributed by atoms with Crippen LogP contribution in [0.2, 0.25) is 0 Å². The molecule has 3 heterocycles. The predicted molar refractivity (Wildman–Crippen MR) is 128 cm³/mol. The van der Waals surface area contributed by atoms with Crippen LogP contribution >= 0.6 is 11.8 Å². The van der Waals surface area contributed by atoms with Crippen molar-refractivity contribution < 1.29 is 18.7 Å². The van der Waals surface area contributed by atoms with Crippen LogP contribution < -0.4 is 10.1 Å². The Morgan fingerprint density at radius 1 is 1.19 bits per heavy atom. The zero-order chi connectivity index (χ0) is 22.0. The number of carbonyl (C=O) groups is 1. The number of amides is 1. The molecule has 0 aliphatic carbocycles. The number of fused-ring (bicyclic) bond motifs is 1. The highest BCUT2D eigenvalue weighted by molar-refractivity contribution is 7.99. The van der Waals surface area contributed by atoms with Crippen molar-refractivity contribution >= 4 is 28.6 Å². The number of nitrogens with one attached hydrogen (secondary N) is 1. The van der Waals surface area contributed by atoms with Crippen molar-refractivity contribution in [2.24, 2.45) is 0 Å². The summed E-state index contributed by atoms with van der Waals surface area (Å²) < 4.78 is 17.0. The maximum atomic E-state index is 13.5. The molecular weight excluding hydrogens is 424 g/mol. The molecule has 32 heavy (non-hydrogen) atoms. The van der Waals surface area contributed by atoms with Crippen molar-refractivity contribution in [3.63, 3.8) is 0 Å². The van der Waals surface area contributed by atoms with Crippen LogP contribution in [0.5, 0.6) is 5.75 Å². The first-order valence-corrected chi connectivity index (χ1v) is 12.2. The molecule has 0 bridgehead atoms. The fraction of sp³-hybridized carbons (Fsp3) is 0.400. The van der Waals surface area contributed by atoms with E-state index in [1.165, 1.54) is 0 Å². The van der Waals surface area contributed by atoms with Crippen LogP contribution in [0.25, 0.3) is 22.1 Å². The first-order chi connectivity index (χ1) is 15.7. The van der Waals surface area contributed by atoms with E-state index < -0.39 is 0 Å². The summed E-state index contributed by atoms with van der Waals surface area (Å²) in [6.07, 6.45) is 1.07. The third-order valence-electron chi connectivity index (χ3n) is 6.51. The number of morpholine rings is 1. The Balaban J connectivity index is 1.46. The molecule has 5 rings (SSSR count). The smallest absolute Gasteiger partial charge is 0.287 e. The predicted octanol–water partition coefficient (Wildman–Crippen LogP) is 4.05. The van der Waals surface area contributed by atoms with Gasteiger partial charge in [0.25, 0.3) is 5.91 Å². The van der Waals surface area contributed by atoms with Crippen LogP contribution in [-0.4, -0.2) is 67.8 Å². The maximum absolute atomic E-state index is 13.5. The standard InChI is InChI=1S/C25H28N2O4S/c1-29-19-7-8-20-21(15-19)31-23(22(20)18-5-3-2-4-6-18)24(28)26-16-25(9-14-32-17-25)27-10-12-30-13-11-27/h2-8,15H,9-14,16-17H2,1H3,(H,26,28). The number of carbonyl (C=O) groups excluding carboxylic acids is 1. The summed E-state index contributed by atoms with van der Waals surface area (Å²) in [7, 11) is 1.63. The van der Waals surface area contributed by atoms with Gasteiger partial charge in [0, 0.05) is 47.9 Å². The Morgan fingerprint density at radius 3 is 2.72 bits per heavy atom. The van der Waals surface area contributed by atoms with Crippen molar-refractivity contribution in [3.05, 3.63) is 54.3 Å². The summed E-state index contributed by atoms with van der Waals surface area (Å²) in [5, 5.41) is 4.12. The molecule has 6 nitrogen and oxygen atoms in total. The zero-order valence-corrected chi connectivity index (χ0v) is 19.1. The van der Waals surface area contributed by atoms with E-state index in [1.54, 1.807) is 7.11 Å². The average molecular weight is 453 g/mol. The second-order valence-electron chi connectivity index (χ2n) is 8.34. The Labute approximate surface area is 192 Å². The van der Waals surface area contributed by atoms with Crippen molar-refractivity contribution in [2.45, 2.75) is 12.0 Å². The summed E-state index contributed by atoms with van der Waals surface area (Å²) in [6.45, 7) is 3.94. The van der Waals surface area contributed by atoms with Crippen molar-refractivity contribution in [1.29, 1.82) is 0 Å². The summed E-state index contributed by atoms with van der Waals surface area (Å²) in [6, 6.07) is 15.6. The zero-order valence-electron chi connectivity index (χ0n) is 18.3. The SMILES string of the molecule is COc1ccc2c(-c3ccccc3)c(C(=O)NCC3(N4CCOCC4)CCSC3)oc2c1. The van der Waals surface area contributed by atoms with E-state index >= 15 is 0 Å². The lowest BCUT2D eigenvalue weighted by Crippen LogP contribution is -2.59. The topological polar surface area (TPSA) is 63.9 Å². The summed E-state index contributed by atoms with van der Waals surface area (Å²) in [5.41, 5.74) is 2.40. The van der Waals surface area contributed by atoms with Crippen LogP contribution in [-0.2, 0) is 4.74 Å². The minimum Gasteiger partial charge on any atom is -0.497 e. The molecule has 2 saturated heterocycles. The fourth-order valence-corrected chi connectivity index (χ4v) is 6.19. The molecule has 1 amide bonds. The summed E-state index contributed by atoms with van der Waals surface area (Å²) in [5.74, 6) is 3.01. The first kappa shape index (κ1) is 21.4. The number of methoxy groups -OCH3 is 1. The Kier molecular flexibility index (Phi) is 6.13. The van der Waals surface area contributed by atoms with Crippen LogP contribution in [0, 0.1) is 0 Å². The highest BCUT2D eigenvalue weighted by Crippen LogP contribution is 2.37. The van der Waals surface area contributed by atoms with Crippen LogP contribution in [0.15, 0.2) is 52.9 Å². The number of hydrogen-bond donors (Lipinski definition) is 1. The van der Waals surface area contributed by atoms with Crippen LogP contribution in [0.3, 0.4) is 0 Å². The van der Waals surface area contributed by atoms with E-state index in [4.69, 9.17) is 13.9 Å². The Morgan fingerprint density at radius 2 is 2.00 bits per heavy atom. The molecule has 1 aromatic heterocycles. The van der Waals surface area contributed by atoms with Gasteiger partial charge in [0.2, 0.25) is 5.76 Å². The van der Waals surface area contributed by atoms with E-state index in [9.17, 15) is 4.79 Å². The molecule has 2 aliphatic heterocycles. The highest BCUT2D eigenvalue weighted by Gasteiger charge is 2.41. The minimum atomic E-state index is -0.177. The molecule has 0 saturated carbocycles. The van der Waals surface area contributed by atoms with Crippen molar-refractivity contribution in [2.75, 3.05) is 51.5 Å². The summed E-state index contributed by atoms with van der Waals surface area (Å²) >= 11 is 1.96. The number of hydrogen-bond acceptors (Lipinski definition) is 6. The molecule has 0 radical (unpaired) electrons. The molecule has 1 unspecified atom stereocenters. The third-order valence-corrected chi connectivity index (χ3v) is 7.74. The first-order valence-electron chi connectivity index (χ1n) is 11.0. The lowest BCUT2D eigenvalue weighted by atomic mass is 9.95. The van der Waals surface area contributed by atoms with Gasteiger partial charge in [0.1, 0.15) is 11.3 Å². The molecule has 2 aliphatic rings. The number of furan rings is 1. The van der Waals surface area contributed by atoms with E-state index in [1.807, 2.05) is 60.3 Å². The quantitative estimate of drug-likeness (QED) is 0.609. The number of ether oxygens (including phenoxy) is 2. The van der Waals surface area contributed by atoms with Gasteiger partial charge in [-0.15, -0.1) is 0 Å². The van der Waals surface area contributed by atoms with Crippen molar-refractivity contribution in [3.8, 4) is 16.9 Å². The van der Waals surface area contributed by atoms with Gasteiger partial charge in [-0.25, -0.2) is 0 Å². The second-order valence-corrected chi connectivity index (χ2v) is 9.45. The Bertz CT molecular complexity index is 1090. The minimum absolute atomic E-state index is 0.0216. The molecule has 2 fully saturated rings. The average Bonchev–Trinajstić information content (AvgIpc) is 3.49. The normalized spacial score (nSPS) is 21.7. The lowest BCUT2D eigenvalue weighted by molar-refractivity contribution is -0.0129. The van der Waals surface area contributed by atoms with E-state index in [-0.39, 0.29) is 11.4 Å². The largest absolute Gasteiger partial charge is 0.497 e. The summed E-state index contributed by atoms with van der Waals surface area (Å²) in [4.78, 5) is 16.0. The molecule has 2 aromatic carbocycles. The van der Waals surface area contributed by atoms with E-state index in [0.29, 0.717) is 23.6 Å². The number of benzene rings is 2. The van der Waals surface area contributed by atoms with E-state index in [0.717, 1.165) is 60.7 Å². The molecular formula is C25H28N2O4S. The molecule has 0 spiro atoms. The fourth-order valence-electron chi connectivity index (χ4n) is 4.72. The van der Waals surface area contributed by atoms with Gasteiger partial charge in [-0.1, -0.05) is 30.3 Å². The van der Waals surface area contributed by atoms with Gasteiger partial charge in [-0.2, -0.15) is 11.8 Å². The number of rotatable bonds is 6. The van der Waals surface area contributed by atoms with Gasteiger partial charge in [0.05, 0.1) is 20.3 Å². The van der Waals surface area contributed by atoms with Crippen LogP contribution in [0.1, 0.15) is 17.0 Å². The molecule has 3 aromatic rings. The van der Waals surface area contributed by atoms with E-state index in [2.05, 4.69) is 10.2 Å². The number of thioether (sulfide) groups is 1.